The third-order valence-electron chi connectivity index (χ3n) is 3.59. The average Bonchev–Trinajstić information content (AvgIpc) is 3.00. The highest BCUT2D eigenvalue weighted by molar-refractivity contribution is 7.91. The van der Waals surface area contributed by atoms with Crippen molar-refractivity contribution in [1.82, 2.24) is 4.31 Å². The third-order valence-corrected chi connectivity index (χ3v) is 6.82. The van der Waals surface area contributed by atoms with Gasteiger partial charge in [-0.3, -0.25) is 4.79 Å². The fourth-order valence-corrected chi connectivity index (χ4v) is 5.21. The van der Waals surface area contributed by atoms with Crippen LogP contribution in [0.1, 0.15) is 11.1 Å². The SMILES string of the molecule is NC(=O)[C@H]1Cc2ccccc2CN1S(=O)(=O)c1cccs1. The summed E-state index contributed by atoms with van der Waals surface area (Å²) in [4.78, 5) is 11.7. The fraction of sp³-hybridized carbons (Fsp3) is 0.214. The number of rotatable bonds is 3. The smallest absolute Gasteiger partial charge is 0.253 e. The van der Waals surface area contributed by atoms with Gasteiger partial charge in [-0.1, -0.05) is 30.3 Å². The van der Waals surface area contributed by atoms with Crippen molar-refractivity contribution in [3.63, 3.8) is 0 Å². The van der Waals surface area contributed by atoms with Crippen LogP contribution in [0.15, 0.2) is 46.0 Å². The molecule has 1 atom stereocenters. The van der Waals surface area contributed by atoms with Gasteiger partial charge in [0.15, 0.2) is 0 Å². The maximum absolute atomic E-state index is 12.7. The maximum atomic E-state index is 12.7. The molecule has 0 unspecified atom stereocenters. The first-order valence-electron chi connectivity index (χ1n) is 6.41. The molecule has 7 heteroatoms. The Bertz CT molecular complexity index is 769. The van der Waals surface area contributed by atoms with Gasteiger partial charge in [-0.05, 0) is 29.0 Å². The molecule has 0 saturated heterocycles. The standard InChI is InChI=1S/C14H14N2O3S2/c15-14(17)12-8-10-4-1-2-5-11(10)9-16(12)21(18,19)13-6-3-7-20-13/h1-7,12H,8-9H2,(H2,15,17)/t12-/m1/s1. The Hall–Kier alpha value is -1.70. The zero-order valence-electron chi connectivity index (χ0n) is 11.1. The maximum Gasteiger partial charge on any atom is 0.253 e. The Balaban J connectivity index is 2.06. The third kappa shape index (κ3) is 2.48. The van der Waals surface area contributed by atoms with Crippen LogP contribution in [0.3, 0.4) is 0 Å². The minimum absolute atomic E-state index is 0.171. The predicted octanol–water partition coefficient (Wildman–Crippen LogP) is 1.35. The number of sulfonamides is 1. The van der Waals surface area contributed by atoms with Crippen molar-refractivity contribution in [3.05, 3.63) is 52.9 Å². The van der Waals surface area contributed by atoms with Gasteiger partial charge < -0.3 is 5.73 Å². The number of nitrogens with zero attached hydrogens (tertiary/aromatic N) is 1. The van der Waals surface area contributed by atoms with Crippen LogP contribution in [-0.2, 0) is 27.8 Å². The van der Waals surface area contributed by atoms with E-state index in [9.17, 15) is 13.2 Å². The molecule has 0 bridgehead atoms. The number of amides is 1. The van der Waals surface area contributed by atoms with Gasteiger partial charge in [0.05, 0.1) is 0 Å². The number of thiophene rings is 1. The second-order valence-corrected chi connectivity index (χ2v) is 7.94. The lowest BCUT2D eigenvalue weighted by Gasteiger charge is -2.33. The van der Waals surface area contributed by atoms with Gasteiger partial charge in [0.1, 0.15) is 10.3 Å². The second-order valence-electron chi connectivity index (χ2n) is 4.87. The van der Waals surface area contributed by atoms with E-state index < -0.39 is 22.0 Å². The van der Waals surface area contributed by atoms with Crippen molar-refractivity contribution in [2.24, 2.45) is 5.73 Å². The molecular formula is C14H14N2O3S2. The summed E-state index contributed by atoms with van der Waals surface area (Å²) in [5.41, 5.74) is 7.31. The largest absolute Gasteiger partial charge is 0.368 e. The topological polar surface area (TPSA) is 80.5 Å². The molecule has 0 aliphatic carbocycles. The fourth-order valence-electron chi connectivity index (χ4n) is 2.52. The van der Waals surface area contributed by atoms with Crippen LogP contribution in [0.4, 0.5) is 0 Å². The van der Waals surface area contributed by atoms with E-state index in [1.807, 2.05) is 24.3 Å². The summed E-state index contributed by atoms with van der Waals surface area (Å²) in [5, 5.41) is 1.70. The van der Waals surface area contributed by atoms with Gasteiger partial charge in [-0.15, -0.1) is 11.3 Å². The lowest BCUT2D eigenvalue weighted by atomic mass is 9.96. The highest BCUT2D eigenvalue weighted by atomic mass is 32.2. The zero-order valence-corrected chi connectivity index (χ0v) is 12.7. The zero-order chi connectivity index (χ0) is 15.0. The van der Waals surface area contributed by atoms with E-state index in [4.69, 9.17) is 5.73 Å². The summed E-state index contributed by atoms with van der Waals surface area (Å²) in [7, 11) is -3.70. The molecule has 110 valence electrons. The van der Waals surface area contributed by atoms with Crippen LogP contribution in [0.5, 0.6) is 0 Å². The first kappa shape index (κ1) is 14.2. The van der Waals surface area contributed by atoms with Crippen molar-refractivity contribution in [2.45, 2.75) is 23.2 Å². The molecule has 1 aliphatic heterocycles. The van der Waals surface area contributed by atoms with E-state index in [0.717, 1.165) is 22.5 Å². The van der Waals surface area contributed by atoms with E-state index in [-0.39, 0.29) is 10.8 Å². The first-order valence-corrected chi connectivity index (χ1v) is 8.73. The van der Waals surface area contributed by atoms with Crippen molar-refractivity contribution in [1.29, 1.82) is 0 Å². The molecule has 2 aromatic rings. The first-order chi connectivity index (χ1) is 10.00. The summed E-state index contributed by atoms with van der Waals surface area (Å²) in [6.07, 6.45) is 0.316. The van der Waals surface area contributed by atoms with E-state index in [2.05, 4.69) is 0 Å². The van der Waals surface area contributed by atoms with Crippen molar-refractivity contribution in [2.75, 3.05) is 0 Å². The number of carbonyl (C=O) groups excluding carboxylic acids is 1. The monoisotopic (exact) mass is 322 g/mol. The van der Waals surface area contributed by atoms with Crippen LogP contribution < -0.4 is 5.73 Å². The molecule has 3 rings (SSSR count). The Morgan fingerprint density at radius 1 is 1.19 bits per heavy atom. The van der Waals surface area contributed by atoms with E-state index in [0.29, 0.717) is 6.42 Å². The Labute approximate surface area is 127 Å². The molecule has 21 heavy (non-hydrogen) atoms. The molecule has 0 radical (unpaired) electrons. The highest BCUT2D eigenvalue weighted by Crippen LogP contribution is 2.30. The number of primary amides is 1. The molecule has 2 heterocycles. The summed E-state index contributed by atoms with van der Waals surface area (Å²) in [6.45, 7) is 0.171. The van der Waals surface area contributed by atoms with Gasteiger partial charge in [0, 0.05) is 6.54 Å². The average molecular weight is 322 g/mol. The lowest BCUT2D eigenvalue weighted by Crippen LogP contribution is -2.50. The van der Waals surface area contributed by atoms with Gasteiger partial charge in [-0.25, -0.2) is 8.42 Å². The van der Waals surface area contributed by atoms with Crippen molar-refractivity contribution < 1.29 is 13.2 Å². The molecule has 5 nitrogen and oxygen atoms in total. The molecule has 2 N–H and O–H groups in total. The second kappa shape index (κ2) is 5.25. The Kier molecular flexibility index (Phi) is 3.56. The van der Waals surface area contributed by atoms with Crippen molar-refractivity contribution in [3.8, 4) is 0 Å². The molecule has 1 amide bonds. The molecule has 1 aromatic heterocycles. The molecule has 1 aromatic carbocycles. The van der Waals surface area contributed by atoms with Crippen LogP contribution in [0.25, 0.3) is 0 Å². The molecular weight excluding hydrogens is 308 g/mol. The van der Waals surface area contributed by atoms with Crippen LogP contribution in [0, 0.1) is 0 Å². The number of benzene rings is 1. The normalized spacial score (nSPS) is 19.1. The quantitative estimate of drug-likeness (QED) is 0.926. The summed E-state index contributed by atoms with van der Waals surface area (Å²) < 4.78 is 26.8. The lowest BCUT2D eigenvalue weighted by molar-refractivity contribution is -0.122. The number of nitrogens with two attached hydrogens (primary N) is 1. The molecule has 1 aliphatic rings. The molecule has 0 fully saturated rings. The van der Waals surface area contributed by atoms with Gasteiger partial charge in [0.2, 0.25) is 5.91 Å². The minimum Gasteiger partial charge on any atom is -0.368 e. The number of hydrogen-bond donors (Lipinski definition) is 1. The van der Waals surface area contributed by atoms with E-state index in [1.54, 1.807) is 17.5 Å². The molecule has 0 saturated carbocycles. The van der Waals surface area contributed by atoms with Gasteiger partial charge in [0.25, 0.3) is 10.0 Å². The highest BCUT2D eigenvalue weighted by Gasteiger charge is 2.38. The minimum atomic E-state index is -3.70. The summed E-state index contributed by atoms with van der Waals surface area (Å²) >= 11 is 1.14. The number of hydrogen-bond acceptors (Lipinski definition) is 4. The number of carbonyl (C=O) groups is 1. The Morgan fingerprint density at radius 3 is 2.52 bits per heavy atom. The predicted molar refractivity (Wildman–Crippen MR) is 80.2 cm³/mol. The van der Waals surface area contributed by atoms with Crippen LogP contribution in [0.2, 0.25) is 0 Å². The van der Waals surface area contributed by atoms with Crippen molar-refractivity contribution >= 4 is 27.3 Å². The van der Waals surface area contributed by atoms with Gasteiger partial charge in [-0.2, -0.15) is 4.31 Å². The van der Waals surface area contributed by atoms with Crippen LogP contribution in [-0.4, -0.2) is 24.7 Å². The summed E-state index contributed by atoms with van der Waals surface area (Å²) in [6, 6.07) is 9.89. The van der Waals surface area contributed by atoms with E-state index in [1.165, 1.54) is 4.31 Å². The number of fused-ring (bicyclic) bond motifs is 1. The van der Waals surface area contributed by atoms with E-state index >= 15 is 0 Å². The van der Waals surface area contributed by atoms with Gasteiger partial charge >= 0.3 is 0 Å². The summed E-state index contributed by atoms with van der Waals surface area (Å²) in [5.74, 6) is -0.621. The van der Waals surface area contributed by atoms with Crippen LogP contribution >= 0.6 is 11.3 Å². The Morgan fingerprint density at radius 2 is 1.90 bits per heavy atom. The molecule has 0 spiro atoms.